The number of aromatic hydroxyl groups is 1. The lowest BCUT2D eigenvalue weighted by Crippen LogP contribution is -2.71. The zero-order valence-electron chi connectivity index (χ0n) is 24.1. The van der Waals surface area contributed by atoms with Crippen molar-refractivity contribution < 1.29 is 58.9 Å². The maximum atomic E-state index is 14.1. The monoisotopic (exact) mass is 600 g/mol. The van der Waals surface area contributed by atoms with Crippen molar-refractivity contribution in [3.63, 3.8) is 0 Å². The maximum Gasteiger partial charge on any atom is 0.198 e. The van der Waals surface area contributed by atoms with Gasteiger partial charge in [-0.15, -0.1) is 0 Å². The number of allylic oxidation sites excluding steroid dienone is 2. The topological polar surface area (TPSA) is 189 Å². The van der Waals surface area contributed by atoms with Crippen molar-refractivity contribution in [3.05, 3.63) is 52.6 Å². The summed E-state index contributed by atoms with van der Waals surface area (Å²) in [6.07, 6.45) is -3.53. The van der Waals surface area contributed by atoms with Crippen molar-refractivity contribution in [1.29, 1.82) is 0 Å². The van der Waals surface area contributed by atoms with Crippen molar-refractivity contribution in [2.45, 2.75) is 113 Å². The summed E-state index contributed by atoms with van der Waals surface area (Å²) in [7, 11) is 0. The molecule has 1 saturated carbocycles. The largest absolute Gasteiger partial charge is 0.507 e. The van der Waals surface area contributed by atoms with Crippen molar-refractivity contribution in [2.75, 3.05) is 0 Å². The molecular formula is C31H36O12. The van der Waals surface area contributed by atoms with Gasteiger partial charge in [-0.1, -0.05) is 18.2 Å². The van der Waals surface area contributed by atoms with Crippen LogP contribution in [0.1, 0.15) is 73.6 Å². The highest BCUT2D eigenvalue weighted by molar-refractivity contribution is 6.31. The molecule has 6 rings (SSSR count). The predicted octanol–water partition coefficient (Wildman–Crippen LogP) is 1.00. The van der Waals surface area contributed by atoms with Gasteiger partial charge in [-0.25, -0.2) is 0 Å². The van der Waals surface area contributed by atoms with E-state index in [-0.39, 0.29) is 41.5 Å². The number of ether oxygens (including phenoxy) is 4. The zero-order chi connectivity index (χ0) is 31.1. The van der Waals surface area contributed by atoms with E-state index in [0.717, 1.165) is 0 Å². The van der Waals surface area contributed by atoms with Crippen LogP contribution in [0.15, 0.2) is 41.5 Å². The van der Waals surface area contributed by atoms with Gasteiger partial charge in [0, 0.05) is 36.8 Å². The number of Topliss-reactive ketones (excluding diaryl/α,β-unsaturated/α-hetero) is 3. The van der Waals surface area contributed by atoms with Crippen LogP contribution in [0.4, 0.5) is 0 Å². The van der Waals surface area contributed by atoms with Crippen molar-refractivity contribution in [1.82, 2.24) is 0 Å². The lowest BCUT2D eigenvalue weighted by atomic mass is 9.57. The average molecular weight is 601 g/mol. The number of aliphatic hydroxyl groups is 4. The number of benzene rings is 1. The Bertz CT molecular complexity index is 1420. The Kier molecular flexibility index (Phi) is 7.30. The molecule has 43 heavy (non-hydrogen) atoms. The summed E-state index contributed by atoms with van der Waals surface area (Å²) in [4.78, 5) is 41.7. The van der Waals surface area contributed by atoms with Crippen LogP contribution >= 0.6 is 0 Å². The second kappa shape index (κ2) is 10.4. The predicted molar refractivity (Wildman–Crippen MR) is 146 cm³/mol. The highest BCUT2D eigenvalue weighted by Gasteiger charge is 2.68. The first-order valence-electron chi connectivity index (χ1n) is 14.5. The first-order valence-corrected chi connectivity index (χ1v) is 14.5. The molecule has 2 aliphatic heterocycles. The molecule has 0 bridgehead atoms. The van der Waals surface area contributed by atoms with E-state index >= 15 is 0 Å². The molecule has 3 fully saturated rings. The Labute approximate surface area is 247 Å². The lowest BCUT2D eigenvalue weighted by Gasteiger charge is -2.55. The van der Waals surface area contributed by atoms with E-state index in [2.05, 4.69) is 0 Å². The van der Waals surface area contributed by atoms with Gasteiger partial charge in [0.1, 0.15) is 17.5 Å². The zero-order valence-corrected chi connectivity index (χ0v) is 24.1. The third-order valence-electron chi connectivity index (χ3n) is 9.21. The Morgan fingerprint density at radius 3 is 2.40 bits per heavy atom. The van der Waals surface area contributed by atoms with Gasteiger partial charge in [0.15, 0.2) is 35.5 Å². The summed E-state index contributed by atoms with van der Waals surface area (Å²) in [5.41, 5.74) is -7.09. The van der Waals surface area contributed by atoms with Gasteiger partial charge in [-0.05, 0) is 39.3 Å². The number of phenols is 1. The van der Waals surface area contributed by atoms with Crippen LogP contribution in [0.5, 0.6) is 5.75 Å². The molecule has 1 aromatic carbocycles. The van der Waals surface area contributed by atoms with Crippen molar-refractivity contribution in [3.8, 4) is 5.75 Å². The molecule has 5 aliphatic rings. The molecular weight excluding hydrogens is 564 g/mol. The van der Waals surface area contributed by atoms with Gasteiger partial charge in [0.05, 0.1) is 41.2 Å². The summed E-state index contributed by atoms with van der Waals surface area (Å²) in [6.45, 7) is 4.75. The van der Waals surface area contributed by atoms with Gasteiger partial charge in [-0.2, -0.15) is 0 Å². The smallest absolute Gasteiger partial charge is 0.198 e. The third kappa shape index (κ3) is 4.72. The summed E-state index contributed by atoms with van der Waals surface area (Å²) in [5.74, 6) is -2.64. The number of carbonyl (C=O) groups excluding carboxylic acids is 3. The molecule has 10 atom stereocenters. The Balaban J connectivity index is 1.32. The number of ketones is 3. The van der Waals surface area contributed by atoms with Crippen LogP contribution < -0.4 is 0 Å². The highest BCUT2D eigenvalue weighted by Crippen LogP contribution is 2.54. The molecule has 0 aromatic heterocycles. The number of rotatable bonds is 4. The van der Waals surface area contributed by atoms with Gasteiger partial charge in [-0.3, -0.25) is 14.4 Å². The third-order valence-corrected chi connectivity index (χ3v) is 9.21. The molecule has 12 nitrogen and oxygen atoms in total. The van der Waals surface area contributed by atoms with E-state index in [9.17, 15) is 39.9 Å². The van der Waals surface area contributed by atoms with Crippen LogP contribution in [-0.4, -0.2) is 103 Å². The van der Waals surface area contributed by atoms with Gasteiger partial charge >= 0.3 is 0 Å². The number of hydrogen-bond acceptors (Lipinski definition) is 12. The summed E-state index contributed by atoms with van der Waals surface area (Å²) in [5, 5.41) is 53.5. The molecule has 0 radical (unpaired) electrons. The summed E-state index contributed by atoms with van der Waals surface area (Å²) < 4.78 is 24.2. The maximum absolute atomic E-state index is 14.1. The quantitative estimate of drug-likeness (QED) is 0.330. The number of phenolic OH excluding ortho intramolecular Hbond substituents is 1. The average Bonchev–Trinajstić information content (AvgIpc) is 2.91. The highest BCUT2D eigenvalue weighted by atomic mass is 16.7. The fraction of sp³-hybridized carbons (Fsp3) is 0.581. The Hall–Kier alpha value is -2.81. The van der Waals surface area contributed by atoms with E-state index in [1.165, 1.54) is 37.3 Å². The summed E-state index contributed by atoms with van der Waals surface area (Å²) >= 11 is 0. The second-order valence-electron chi connectivity index (χ2n) is 12.6. The summed E-state index contributed by atoms with van der Waals surface area (Å²) in [6, 6.07) is 4.05. The molecule has 7 unspecified atom stereocenters. The first-order chi connectivity index (χ1) is 20.2. The fourth-order valence-electron chi connectivity index (χ4n) is 7.14. The molecule has 0 spiro atoms. The van der Waals surface area contributed by atoms with Crippen LogP contribution in [0, 0.1) is 0 Å². The number of fused-ring (bicyclic) bond motifs is 3. The lowest BCUT2D eigenvalue weighted by molar-refractivity contribution is -0.311. The van der Waals surface area contributed by atoms with E-state index in [4.69, 9.17) is 18.9 Å². The molecule has 0 amide bonds. The standard InChI is InChI=1S/C31H36O12/c1-14-20(42-23-11-19(33)26(35)15(2)41-23)7-8-22(40-14)43-31-21(34)12-29(3,38)13-30(31,39)10-9-17-25(31)28(37)16-5-4-6-18(32)24(16)27(17)36/h4-6,9-10,14-15,19-20,22-23,26,32-33,35,38-39H,7-8,11-13H2,1-3H3/t14?,15?,19?,20?,22?,23?,26?,29-,30-,31-/m0/s1. The van der Waals surface area contributed by atoms with Crippen LogP contribution in [0.25, 0.3) is 0 Å². The second-order valence-corrected chi connectivity index (χ2v) is 12.6. The first kappa shape index (κ1) is 30.2. The Morgan fingerprint density at radius 2 is 1.70 bits per heavy atom. The van der Waals surface area contributed by atoms with Gasteiger partial charge in [0.2, 0.25) is 0 Å². The van der Waals surface area contributed by atoms with Crippen molar-refractivity contribution >= 4 is 17.3 Å². The minimum absolute atomic E-state index is 0.0651. The van der Waals surface area contributed by atoms with E-state index < -0.39 is 89.4 Å². The van der Waals surface area contributed by atoms with Gasteiger partial charge in [0.25, 0.3) is 0 Å². The SMILES string of the molecule is CC1OC(O[C@]23C(=O)C[C@](C)(O)C[C@@]2(O)C=CC2=C3C(=O)c3cccc(O)c3C2=O)CCC1OC1CC(O)C(O)C(C)O1. The van der Waals surface area contributed by atoms with Gasteiger partial charge < -0.3 is 44.5 Å². The normalized spacial score (nSPS) is 42.9. The molecule has 3 aliphatic carbocycles. The number of hydrogen-bond donors (Lipinski definition) is 5. The Morgan fingerprint density at radius 1 is 0.977 bits per heavy atom. The number of aliphatic hydroxyl groups excluding tert-OH is 2. The van der Waals surface area contributed by atoms with Crippen LogP contribution in [0.2, 0.25) is 0 Å². The molecule has 2 heterocycles. The fourth-order valence-corrected chi connectivity index (χ4v) is 7.14. The van der Waals surface area contributed by atoms with E-state index in [0.29, 0.717) is 6.42 Å². The molecule has 2 saturated heterocycles. The van der Waals surface area contributed by atoms with Crippen molar-refractivity contribution in [2.24, 2.45) is 0 Å². The number of carbonyl (C=O) groups is 3. The molecule has 5 N–H and O–H groups in total. The van der Waals surface area contributed by atoms with E-state index in [1.54, 1.807) is 13.8 Å². The molecule has 232 valence electrons. The van der Waals surface area contributed by atoms with Crippen LogP contribution in [0.3, 0.4) is 0 Å². The minimum atomic E-state index is -2.38. The minimum Gasteiger partial charge on any atom is -0.507 e. The molecule has 1 aromatic rings. The van der Waals surface area contributed by atoms with Crippen LogP contribution in [-0.2, 0) is 23.7 Å². The van der Waals surface area contributed by atoms with E-state index in [1.807, 2.05) is 0 Å². The molecule has 12 heteroatoms.